The monoisotopic (exact) mass is 350 g/mol. The summed E-state index contributed by atoms with van der Waals surface area (Å²) in [6.07, 6.45) is 11.7. The minimum Gasteiger partial charge on any atom is -0.497 e. The molecule has 0 saturated heterocycles. The quantitative estimate of drug-likeness (QED) is 0.320. The number of ether oxygens (including phenoxy) is 3. The number of methoxy groups -OCH3 is 2. The topological polar surface area (TPSA) is 44.8 Å². The van der Waals surface area contributed by atoms with Gasteiger partial charge in [-0.1, -0.05) is 58.3 Å². The van der Waals surface area contributed by atoms with Crippen LogP contribution in [0.3, 0.4) is 0 Å². The van der Waals surface area contributed by atoms with Crippen LogP contribution >= 0.6 is 0 Å². The third-order valence-corrected chi connectivity index (χ3v) is 4.30. The smallest absolute Gasteiger partial charge is 0.306 e. The molecule has 0 spiro atoms. The largest absolute Gasteiger partial charge is 0.497 e. The molecule has 4 nitrogen and oxygen atoms in total. The van der Waals surface area contributed by atoms with Crippen molar-refractivity contribution in [1.82, 2.24) is 0 Å². The Morgan fingerprint density at radius 1 is 0.800 bits per heavy atom. The lowest BCUT2D eigenvalue weighted by Gasteiger charge is -2.09. The van der Waals surface area contributed by atoms with Crippen molar-refractivity contribution in [1.29, 1.82) is 0 Å². The molecule has 1 aromatic rings. The molecule has 0 radical (unpaired) electrons. The Morgan fingerprint density at radius 2 is 1.32 bits per heavy atom. The highest BCUT2D eigenvalue weighted by molar-refractivity contribution is 5.69. The van der Waals surface area contributed by atoms with Gasteiger partial charge in [0.05, 0.1) is 14.2 Å². The van der Waals surface area contributed by atoms with Crippen molar-refractivity contribution in [2.24, 2.45) is 0 Å². The lowest BCUT2D eigenvalue weighted by Crippen LogP contribution is -2.04. The van der Waals surface area contributed by atoms with E-state index in [2.05, 4.69) is 6.92 Å². The molecular formula is C21H34O4. The van der Waals surface area contributed by atoms with Crippen LogP contribution in [0.1, 0.15) is 76.7 Å². The minimum atomic E-state index is -0.135. The van der Waals surface area contributed by atoms with Crippen molar-refractivity contribution in [2.75, 3.05) is 14.2 Å². The minimum absolute atomic E-state index is 0.135. The molecule has 0 aromatic heterocycles. The van der Waals surface area contributed by atoms with Crippen molar-refractivity contribution in [3.63, 3.8) is 0 Å². The second-order valence-electron chi connectivity index (χ2n) is 6.46. The van der Waals surface area contributed by atoms with Gasteiger partial charge in [-0.15, -0.1) is 0 Å². The maximum atomic E-state index is 11.8. The van der Waals surface area contributed by atoms with Gasteiger partial charge in [-0.05, 0) is 24.1 Å². The summed E-state index contributed by atoms with van der Waals surface area (Å²) in [6, 6.07) is 5.51. The van der Waals surface area contributed by atoms with Crippen molar-refractivity contribution in [3.05, 3.63) is 23.8 Å². The normalized spacial score (nSPS) is 10.5. The Morgan fingerprint density at radius 3 is 1.84 bits per heavy atom. The Labute approximate surface area is 152 Å². The number of carbonyl (C=O) groups is 1. The van der Waals surface area contributed by atoms with E-state index in [1.807, 2.05) is 12.1 Å². The molecule has 0 N–H and O–H groups in total. The highest BCUT2D eigenvalue weighted by Crippen LogP contribution is 2.23. The fraction of sp³-hybridized carbons (Fsp3) is 0.667. The van der Waals surface area contributed by atoms with E-state index in [-0.39, 0.29) is 12.6 Å². The third kappa shape index (κ3) is 10.0. The average Bonchev–Trinajstić information content (AvgIpc) is 2.64. The van der Waals surface area contributed by atoms with Gasteiger partial charge < -0.3 is 14.2 Å². The highest BCUT2D eigenvalue weighted by Gasteiger charge is 2.06. The van der Waals surface area contributed by atoms with Crippen molar-refractivity contribution >= 4 is 5.97 Å². The van der Waals surface area contributed by atoms with E-state index >= 15 is 0 Å². The number of hydrogen-bond donors (Lipinski definition) is 0. The molecule has 0 unspecified atom stereocenters. The van der Waals surface area contributed by atoms with E-state index in [9.17, 15) is 4.79 Å². The van der Waals surface area contributed by atoms with E-state index in [1.165, 1.54) is 44.9 Å². The van der Waals surface area contributed by atoms with Gasteiger partial charge in [-0.2, -0.15) is 0 Å². The van der Waals surface area contributed by atoms with Crippen LogP contribution in [-0.4, -0.2) is 20.2 Å². The van der Waals surface area contributed by atoms with Crippen LogP contribution in [0.4, 0.5) is 0 Å². The number of hydrogen-bond acceptors (Lipinski definition) is 4. The first kappa shape index (κ1) is 21.3. The Hall–Kier alpha value is -1.71. The van der Waals surface area contributed by atoms with E-state index in [0.717, 1.165) is 18.4 Å². The average molecular weight is 350 g/mol. The van der Waals surface area contributed by atoms with E-state index < -0.39 is 0 Å². The Kier molecular flexibility index (Phi) is 11.6. The van der Waals surface area contributed by atoms with Gasteiger partial charge in [0.2, 0.25) is 0 Å². The first-order valence-electron chi connectivity index (χ1n) is 9.57. The predicted molar refractivity (Wildman–Crippen MR) is 101 cm³/mol. The first-order valence-corrected chi connectivity index (χ1v) is 9.57. The van der Waals surface area contributed by atoms with Crippen molar-refractivity contribution in [3.8, 4) is 11.5 Å². The fourth-order valence-electron chi connectivity index (χ4n) is 2.77. The van der Waals surface area contributed by atoms with Gasteiger partial charge in [-0.25, -0.2) is 0 Å². The van der Waals surface area contributed by atoms with Gasteiger partial charge in [0.1, 0.15) is 18.1 Å². The molecule has 0 aliphatic rings. The lowest BCUT2D eigenvalue weighted by atomic mass is 10.1. The third-order valence-electron chi connectivity index (χ3n) is 4.30. The van der Waals surface area contributed by atoms with Gasteiger partial charge in [0, 0.05) is 12.5 Å². The van der Waals surface area contributed by atoms with Gasteiger partial charge in [0.15, 0.2) is 0 Å². The van der Waals surface area contributed by atoms with Gasteiger partial charge in [-0.3, -0.25) is 4.79 Å². The van der Waals surface area contributed by atoms with Crippen molar-refractivity contribution < 1.29 is 19.0 Å². The molecular weight excluding hydrogens is 316 g/mol. The Balaban J connectivity index is 2.13. The summed E-state index contributed by atoms with van der Waals surface area (Å²) in [5.74, 6) is 1.26. The molecule has 0 aliphatic carbocycles. The molecule has 1 aromatic carbocycles. The molecule has 0 amide bonds. The van der Waals surface area contributed by atoms with E-state index in [0.29, 0.717) is 17.9 Å². The molecule has 25 heavy (non-hydrogen) atoms. The SMILES string of the molecule is CCCCCCCCCCCC(=O)OCc1cc(OC)cc(OC)c1. The van der Waals surface area contributed by atoms with Crippen molar-refractivity contribution in [2.45, 2.75) is 77.7 Å². The standard InChI is InChI=1S/C21H34O4/c1-4-5-6-7-8-9-10-11-12-13-21(22)25-17-18-14-19(23-2)16-20(15-18)24-3/h14-16H,4-13,17H2,1-3H3. The van der Waals surface area contributed by atoms with Crippen LogP contribution in [0.25, 0.3) is 0 Å². The summed E-state index contributed by atoms with van der Waals surface area (Å²) in [6.45, 7) is 2.49. The zero-order valence-corrected chi connectivity index (χ0v) is 16.1. The molecule has 4 heteroatoms. The summed E-state index contributed by atoms with van der Waals surface area (Å²) >= 11 is 0. The molecule has 0 heterocycles. The summed E-state index contributed by atoms with van der Waals surface area (Å²) < 4.78 is 15.8. The molecule has 1 rings (SSSR count). The predicted octanol–water partition coefficient (Wildman–Crippen LogP) is 5.67. The maximum absolute atomic E-state index is 11.8. The Bertz CT molecular complexity index is 463. The van der Waals surface area contributed by atoms with Crippen LogP contribution in [-0.2, 0) is 16.1 Å². The number of carbonyl (C=O) groups excluding carboxylic acids is 1. The molecule has 0 fully saturated rings. The summed E-state index contributed by atoms with van der Waals surface area (Å²) in [5.41, 5.74) is 0.872. The second-order valence-corrected chi connectivity index (χ2v) is 6.46. The molecule has 0 saturated carbocycles. The molecule has 0 atom stereocenters. The van der Waals surface area contributed by atoms with Crippen LogP contribution in [0.5, 0.6) is 11.5 Å². The summed E-state index contributed by atoms with van der Waals surface area (Å²) in [7, 11) is 3.21. The zero-order chi connectivity index (χ0) is 18.3. The van der Waals surface area contributed by atoms with Crippen LogP contribution in [0.15, 0.2) is 18.2 Å². The zero-order valence-electron chi connectivity index (χ0n) is 16.1. The van der Waals surface area contributed by atoms with Crippen LogP contribution in [0, 0.1) is 0 Å². The van der Waals surface area contributed by atoms with E-state index in [4.69, 9.17) is 14.2 Å². The molecule has 0 aliphatic heterocycles. The van der Waals surface area contributed by atoms with Crippen LogP contribution < -0.4 is 9.47 Å². The van der Waals surface area contributed by atoms with Crippen LogP contribution in [0.2, 0.25) is 0 Å². The van der Waals surface area contributed by atoms with E-state index in [1.54, 1.807) is 20.3 Å². The van der Waals surface area contributed by atoms with Gasteiger partial charge >= 0.3 is 5.97 Å². The number of unbranched alkanes of at least 4 members (excludes halogenated alkanes) is 8. The number of benzene rings is 1. The maximum Gasteiger partial charge on any atom is 0.306 e. The molecule has 0 bridgehead atoms. The molecule has 142 valence electrons. The summed E-state index contributed by atoms with van der Waals surface area (Å²) in [4.78, 5) is 11.8. The highest BCUT2D eigenvalue weighted by atomic mass is 16.5. The fourth-order valence-corrected chi connectivity index (χ4v) is 2.77. The number of rotatable bonds is 14. The lowest BCUT2D eigenvalue weighted by molar-refractivity contribution is -0.145. The summed E-state index contributed by atoms with van der Waals surface area (Å²) in [5, 5.41) is 0. The number of esters is 1. The van der Waals surface area contributed by atoms with Gasteiger partial charge in [0.25, 0.3) is 0 Å². The first-order chi connectivity index (χ1) is 12.2. The second kappa shape index (κ2) is 13.6.